The molecule has 0 spiro atoms. The fraction of sp³-hybridized carbons (Fsp3) is 0.273. The van der Waals surface area contributed by atoms with E-state index in [-0.39, 0.29) is 5.82 Å². The van der Waals surface area contributed by atoms with Gasteiger partial charge in [-0.25, -0.2) is 4.39 Å². The lowest BCUT2D eigenvalue weighted by atomic mass is 10.2. The lowest BCUT2D eigenvalue weighted by molar-refractivity contribution is 0.619. The molecule has 0 amide bonds. The zero-order valence-corrected chi connectivity index (χ0v) is 7.82. The van der Waals surface area contributed by atoms with Gasteiger partial charge in [0.2, 0.25) is 0 Å². The predicted octanol–water partition coefficient (Wildman–Crippen LogP) is 2.57. The van der Waals surface area contributed by atoms with Gasteiger partial charge in [-0.1, -0.05) is 12.0 Å². The molecule has 0 aromatic heterocycles. The Morgan fingerprint density at radius 2 is 2.23 bits per heavy atom. The van der Waals surface area contributed by atoms with E-state index in [2.05, 4.69) is 17.2 Å². The van der Waals surface area contributed by atoms with E-state index in [0.717, 1.165) is 5.69 Å². The van der Waals surface area contributed by atoms with E-state index in [1.807, 2.05) is 6.07 Å². The summed E-state index contributed by atoms with van der Waals surface area (Å²) >= 11 is 0. The maximum Gasteiger partial charge on any atom is 0.128 e. The Bertz CT molecular complexity index is 347. The average Bonchev–Trinajstić information content (AvgIpc) is 2.13. The minimum absolute atomic E-state index is 0.186. The zero-order valence-electron chi connectivity index (χ0n) is 7.82. The normalized spacial score (nSPS) is 8.85. The van der Waals surface area contributed by atoms with E-state index in [9.17, 15) is 4.39 Å². The van der Waals surface area contributed by atoms with Gasteiger partial charge in [-0.3, -0.25) is 0 Å². The molecule has 0 unspecified atom stereocenters. The minimum atomic E-state index is -0.186. The first-order chi connectivity index (χ1) is 6.25. The van der Waals surface area contributed by atoms with Crippen molar-refractivity contribution in [3.8, 4) is 11.8 Å². The van der Waals surface area contributed by atoms with Gasteiger partial charge in [0.15, 0.2) is 0 Å². The first-order valence-corrected chi connectivity index (χ1v) is 4.14. The number of halogens is 1. The number of benzene rings is 1. The molecule has 0 aliphatic heterocycles. The molecular weight excluding hydrogens is 165 g/mol. The van der Waals surface area contributed by atoms with Crippen LogP contribution in [0, 0.1) is 24.6 Å². The summed E-state index contributed by atoms with van der Waals surface area (Å²) in [6.07, 6.45) is 0. The quantitative estimate of drug-likeness (QED) is 0.684. The van der Waals surface area contributed by atoms with E-state index in [1.54, 1.807) is 19.9 Å². The van der Waals surface area contributed by atoms with Crippen molar-refractivity contribution in [1.82, 2.24) is 0 Å². The van der Waals surface area contributed by atoms with Crippen LogP contribution in [-0.4, -0.2) is 6.54 Å². The third-order valence-corrected chi connectivity index (χ3v) is 1.81. The Balaban J connectivity index is 2.75. The van der Waals surface area contributed by atoms with Crippen LogP contribution in [0.25, 0.3) is 0 Å². The molecule has 1 nitrogen and oxygen atoms in total. The summed E-state index contributed by atoms with van der Waals surface area (Å²) in [7, 11) is 0. The van der Waals surface area contributed by atoms with Crippen LogP contribution >= 0.6 is 0 Å². The molecule has 0 bridgehead atoms. The molecule has 68 valence electrons. The molecule has 1 aromatic carbocycles. The van der Waals surface area contributed by atoms with E-state index in [0.29, 0.717) is 12.1 Å². The third-order valence-electron chi connectivity index (χ3n) is 1.81. The van der Waals surface area contributed by atoms with Crippen LogP contribution in [0.1, 0.15) is 12.5 Å². The molecule has 0 aliphatic carbocycles. The summed E-state index contributed by atoms with van der Waals surface area (Å²) in [4.78, 5) is 0. The van der Waals surface area contributed by atoms with Crippen molar-refractivity contribution in [3.63, 3.8) is 0 Å². The Kier molecular flexibility index (Phi) is 3.33. The first-order valence-electron chi connectivity index (χ1n) is 4.14. The van der Waals surface area contributed by atoms with Crippen LogP contribution in [0.4, 0.5) is 10.1 Å². The third kappa shape index (κ3) is 2.48. The maximum atomic E-state index is 13.0. The maximum absolute atomic E-state index is 13.0. The fourth-order valence-electron chi connectivity index (χ4n) is 1.03. The topological polar surface area (TPSA) is 12.0 Å². The lowest BCUT2D eigenvalue weighted by Gasteiger charge is -2.06. The van der Waals surface area contributed by atoms with Crippen LogP contribution in [0.5, 0.6) is 0 Å². The van der Waals surface area contributed by atoms with Gasteiger partial charge in [0.1, 0.15) is 5.82 Å². The highest BCUT2D eigenvalue weighted by atomic mass is 19.1. The number of anilines is 1. The summed E-state index contributed by atoms with van der Waals surface area (Å²) in [6.45, 7) is 4.08. The van der Waals surface area contributed by atoms with E-state index in [4.69, 9.17) is 0 Å². The summed E-state index contributed by atoms with van der Waals surface area (Å²) in [5, 5.41) is 3.04. The molecule has 0 fully saturated rings. The first kappa shape index (κ1) is 9.60. The smallest absolute Gasteiger partial charge is 0.128 e. The molecule has 13 heavy (non-hydrogen) atoms. The SMILES string of the molecule is CC#CCNc1cccc(F)c1C. The number of rotatable bonds is 2. The number of hydrogen-bond acceptors (Lipinski definition) is 1. The summed E-state index contributed by atoms with van der Waals surface area (Å²) in [5.74, 6) is 5.44. The largest absolute Gasteiger partial charge is 0.374 e. The molecule has 1 aromatic rings. The van der Waals surface area contributed by atoms with E-state index < -0.39 is 0 Å². The van der Waals surface area contributed by atoms with Gasteiger partial charge in [-0.05, 0) is 26.0 Å². The highest BCUT2D eigenvalue weighted by Crippen LogP contribution is 2.16. The highest BCUT2D eigenvalue weighted by Gasteiger charge is 2.00. The molecule has 1 rings (SSSR count). The Morgan fingerprint density at radius 3 is 2.92 bits per heavy atom. The van der Waals surface area contributed by atoms with Crippen LogP contribution in [0.2, 0.25) is 0 Å². The van der Waals surface area contributed by atoms with Gasteiger partial charge in [0.25, 0.3) is 0 Å². The van der Waals surface area contributed by atoms with Gasteiger partial charge in [-0.15, -0.1) is 5.92 Å². The van der Waals surface area contributed by atoms with Gasteiger partial charge >= 0.3 is 0 Å². The van der Waals surface area contributed by atoms with Gasteiger partial charge < -0.3 is 5.32 Å². The van der Waals surface area contributed by atoms with Gasteiger partial charge in [-0.2, -0.15) is 0 Å². The van der Waals surface area contributed by atoms with Gasteiger partial charge in [0.05, 0.1) is 6.54 Å². The van der Waals surface area contributed by atoms with Crippen molar-refractivity contribution in [2.75, 3.05) is 11.9 Å². The minimum Gasteiger partial charge on any atom is -0.374 e. The second-order valence-corrected chi connectivity index (χ2v) is 2.69. The second kappa shape index (κ2) is 4.51. The summed E-state index contributed by atoms with van der Waals surface area (Å²) < 4.78 is 13.0. The average molecular weight is 177 g/mol. The Morgan fingerprint density at radius 1 is 1.46 bits per heavy atom. The molecule has 0 aliphatic rings. The van der Waals surface area contributed by atoms with Crippen LogP contribution < -0.4 is 5.32 Å². The monoisotopic (exact) mass is 177 g/mol. The van der Waals surface area contributed by atoms with Crippen molar-refractivity contribution < 1.29 is 4.39 Å². The molecule has 0 saturated carbocycles. The van der Waals surface area contributed by atoms with Gasteiger partial charge in [0, 0.05) is 11.3 Å². The van der Waals surface area contributed by atoms with Crippen molar-refractivity contribution in [1.29, 1.82) is 0 Å². The van der Waals surface area contributed by atoms with Crippen LogP contribution in [0.3, 0.4) is 0 Å². The summed E-state index contributed by atoms with van der Waals surface area (Å²) in [5.41, 5.74) is 1.45. The van der Waals surface area contributed by atoms with E-state index in [1.165, 1.54) is 6.07 Å². The fourth-order valence-corrected chi connectivity index (χ4v) is 1.03. The van der Waals surface area contributed by atoms with Crippen molar-refractivity contribution in [3.05, 3.63) is 29.6 Å². The lowest BCUT2D eigenvalue weighted by Crippen LogP contribution is -2.01. The zero-order chi connectivity index (χ0) is 9.68. The Labute approximate surface area is 78.0 Å². The number of hydrogen-bond donors (Lipinski definition) is 1. The summed E-state index contributed by atoms with van der Waals surface area (Å²) in [6, 6.07) is 4.98. The molecule has 0 radical (unpaired) electrons. The Hall–Kier alpha value is -1.49. The van der Waals surface area contributed by atoms with Crippen LogP contribution in [-0.2, 0) is 0 Å². The second-order valence-electron chi connectivity index (χ2n) is 2.69. The van der Waals surface area contributed by atoms with Crippen molar-refractivity contribution in [2.45, 2.75) is 13.8 Å². The van der Waals surface area contributed by atoms with Crippen molar-refractivity contribution >= 4 is 5.69 Å². The molecule has 0 atom stereocenters. The number of nitrogens with one attached hydrogen (secondary N) is 1. The predicted molar refractivity (Wildman–Crippen MR) is 53.1 cm³/mol. The molecule has 2 heteroatoms. The van der Waals surface area contributed by atoms with E-state index >= 15 is 0 Å². The molecule has 0 heterocycles. The van der Waals surface area contributed by atoms with Crippen molar-refractivity contribution in [2.24, 2.45) is 0 Å². The molecule has 1 N–H and O–H groups in total. The highest BCUT2D eigenvalue weighted by molar-refractivity contribution is 5.51. The molecule has 0 saturated heterocycles. The standard InChI is InChI=1S/C11H12FN/c1-3-4-8-13-11-7-5-6-10(12)9(11)2/h5-7,13H,8H2,1-2H3. The molecular formula is C11H12FN. The van der Waals surface area contributed by atoms with Crippen LogP contribution in [0.15, 0.2) is 18.2 Å².